The van der Waals surface area contributed by atoms with Crippen LogP contribution in [-0.4, -0.2) is 41.7 Å². The molecule has 2 saturated carbocycles. The molecule has 156 valence electrons. The number of carbonyl (C=O) groups is 1. The molecule has 2 heterocycles. The van der Waals surface area contributed by atoms with Crippen molar-refractivity contribution in [1.29, 1.82) is 0 Å². The summed E-state index contributed by atoms with van der Waals surface area (Å²) in [6.07, 6.45) is 7.36. The molecule has 5 atom stereocenters. The van der Waals surface area contributed by atoms with Gasteiger partial charge in [0.05, 0.1) is 11.5 Å². The molecule has 3 aliphatic carbocycles. The number of esters is 1. The predicted molar refractivity (Wildman–Crippen MR) is 111 cm³/mol. The molecule has 0 amide bonds. The molecule has 0 aromatic heterocycles. The van der Waals surface area contributed by atoms with Gasteiger partial charge >= 0.3 is 5.97 Å². The summed E-state index contributed by atoms with van der Waals surface area (Å²) in [5, 5.41) is 0. The Morgan fingerprint density at radius 3 is 2.86 bits per heavy atom. The average Bonchev–Trinajstić information content (AvgIpc) is 3.45. The van der Waals surface area contributed by atoms with Crippen molar-refractivity contribution in [2.45, 2.75) is 88.9 Å². The summed E-state index contributed by atoms with van der Waals surface area (Å²) in [5.74, 6) is 2.39. The Hall–Kier alpha value is -1.55. The number of piperidine rings is 1. The van der Waals surface area contributed by atoms with Crippen LogP contribution in [0.3, 0.4) is 0 Å². The van der Waals surface area contributed by atoms with E-state index in [1.807, 2.05) is 6.92 Å². The number of rotatable bonds is 4. The molecule has 1 aromatic rings. The number of nitrogens with zero attached hydrogens (tertiary/aromatic N) is 1. The van der Waals surface area contributed by atoms with Gasteiger partial charge in [-0.2, -0.15) is 0 Å². The molecule has 2 bridgehead atoms. The monoisotopic (exact) mass is 395 g/mol. The summed E-state index contributed by atoms with van der Waals surface area (Å²) < 4.78 is 13.4. The van der Waals surface area contributed by atoms with Crippen LogP contribution in [0, 0.1) is 18.8 Å². The van der Waals surface area contributed by atoms with Crippen molar-refractivity contribution in [2.75, 3.05) is 13.1 Å². The van der Waals surface area contributed by atoms with Crippen molar-refractivity contribution in [3.63, 3.8) is 0 Å². The molecule has 4 heteroatoms. The zero-order chi connectivity index (χ0) is 20.0. The lowest BCUT2D eigenvalue weighted by atomic mass is 9.47. The Morgan fingerprint density at radius 1 is 1.28 bits per heavy atom. The first kappa shape index (κ1) is 18.2. The van der Waals surface area contributed by atoms with E-state index in [2.05, 4.69) is 30.9 Å². The van der Waals surface area contributed by atoms with Gasteiger partial charge in [0.2, 0.25) is 0 Å². The van der Waals surface area contributed by atoms with Crippen LogP contribution >= 0.6 is 0 Å². The number of carbonyl (C=O) groups excluding carboxylic acids is 1. The van der Waals surface area contributed by atoms with E-state index in [1.54, 1.807) is 0 Å². The lowest BCUT2D eigenvalue weighted by Crippen LogP contribution is -2.77. The molecule has 1 aromatic carbocycles. The fourth-order valence-electron chi connectivity index (χ4n) is 7.33. The van der Waals surface area contributed by atoms with Gasteiger partial charge in [-0.05, 0) is 75.0 Å². The number of hydrogen-bond donors (Lipinski definition) is 0. The van der Waals surface area contributed by atoms with Crippen LogP contribution in [0.25, 0.3) is 0 Å². The largest absolute Gasteiger partial charge is 0.488 e. The van der Waals surface area contributed by atoms with Crippen LogP contribution in [0.4, 0.5) is 0 Å². The van der Waals surface area contributed by atoms with Crippen LogP contribution < -0.4 is 4.74 Å². The maximum Gasteiger partial charge on any atom is 0.306 e. The summed E-state index contributed by atoms with van der Waals surface area (Å²) in [6.45, 7) is 8.70. The van der Waals surface area contributed by atoms with E-state index in [1.165, 1.54) is 36.1 Å². The second-order valence-electron chi connectivity index (χ2n) is 10.4. The molecule has 4 nitrogen and oxygen atoms in total. The lowest BCUT2D eigenvalue weighted by molar-refractivity contribution is -0.223. The molecule has 5 aliphatic rings. The van der Waals surface area contributed by atoms with Crippen molar-refractivity contribution in [2.24, 2.45) is 11.8 Å². The van der Waals surface area contributed by atoms with Gasteiger partial charge in [-0.25, -0.2) is 0 Å². The van der Waals surface area contributed by atoms with E-state index in [-0.39, 0.29) is 23.5 Å². The van der Waals surface area contributed by atoms with Crippen LogP contribution in [0.15, 0.2) is 12.1 Å². The van der Waals surface area contributed by atoms with Crippen LogP contribution in [0.1, 0.15) is 69.1 Å². The zero-order valence-corrected chi connectivity index (χ0v) is 18.0. The van der Waals surface area contributed by atoms with Crippen molar-refractivity contribution >= 4 is 5.97 Å². The number of ether oxygens (including phenoxy) is 2. The SMILES string of the molecule is CCC(=O)OC12CCC(C)[C@@H]3Oc4c(C)ccc5c4[C@@]31CCN(CC1CC1)C2C5. The summed E-state index contributed by atoms with van der Waals surface area (Å²) in [6, 6.07) is 4.85. The molecule has 0 N–H and O–H groups in total. The quantitative estimate of drug-likeness (QED) is 0.718. The molecule has 3 unspecified atom stereocenters. The van der Waals surface area contributed by atoms with Gasteiger partial charge in [-0.1, -0.05) is 26.0 Å². The molecular formula is C25H33NO3. The minimum absolute atomic E-state index is 0.0412. The third-order valence-corrected chi connectivity index (χ3v) is 8.82. The molecule has 1 saturated heterocycles. The van der Waals surface area contributed by atoms with Gasteiger partial charge < -0.3 is 9.47 Å². The van der Waals surface area contributed by atoms with Crippen LogP contribution in [0.2, 0.25) is 0 Å². The van der Waals surface area contributed by atoms with Gasteiger partial charge in [0.1, 0.15) is 17.5 Å². The Labute approximate surface area is 173 Å². The molecule has 6 rings (SSSR count). The van der Waals surface area contributed by atoms with E-state index >= 15 is 0 Å². The minimum Gasteiger partial charge on any atom is -0.488 e. The van der Waals surface area contributed by atoms with E-state index in [9.17, 15) is 4.79 Å². The molecule has 0 radical (unpaired) electrons. The van der Waals surface area contributed by atoms with Crippen molar-refractivity contribution < 1.29 is 14.3 Å². The van der Waals surface area contributed by atoms with Crippen molar-refractivity contribution in [3.8, 4) is 5.75 Å². The summed E-state index contributed by atoms with van der Waals surface area (Å²) in [5.41, 5.74) is 3.47. The molecule has 3 fully saturated rings. The maximum atomic E-state index is 12.8. The van der Waals surface area contributed by atoms with E-state index < -0.39 is 5.60 Å². The smallest absolute Gasteiger partial charge is 0.306 e. The lowest BCUT2D eigenvalue weighted by Gasteiger charge is -2.65. The van der Waals surface area contributed by atoms with Crippen LogP contribution in [0.5, 0.6) is 5.75 Å². The molecule has 29 heavy (non-hydrogen) atoms. The number of hydrogen-bond acceptors (Lipinski definition) is 4. The third-order valence-electron chi connectivity index (χ3n) is 8.82. The fourth-order valence-corrected chi connectivity index (χ4v) is 7.33. The number of aryl methyl sites for hydroxylation is 1. The first-order valence-electron chi connectivity index (χ1n) is 11.8. The summed E-state index contributed by atoms with van der Waals surface area (Å²) in [4.78, 5) is 15.5. The topological polar surface area (TPSA) is 38.8 Å². The highest BCUT2D eigenvalue weighted by molar-refractivity contribution is 5.71. The van der Waals surface area contributed by atoms with Gasteiger partial charge in [0.15, 0.2) is 0 Å². The number of benzene rings is 1. The van der Waals surface area contributed by atoms with Crippen molar-refractivity contribution in [1.82, 2.24) is 4.90 Å². The second kappa shape index (κ2) is 6.00. The first-order chi connectivity index (χ1) is 14.0. The predicted octanol–water partition coefficient (Wildman–Crippen LogP) is 4.16. The van der Waals surface area contributed by atoms with Gasteiger partial charge in [0, 0.05) is 18.5 Å². The summed E-state index contributed by atoms with van der Waals surface area (Å²) in [7, 11) is 0. The van der Waals surface area contributed by atoms with E-state index in [0.717, 1.165) is 43.9 Å². The Kier molecular flexibility index (Phi) is 3.77. The Bertz CT molecular complexity index is 877. The van der Waals surface area contributed by atoms with Gasteiger partial charge in [0.25, 0.3) is 0 Å². The van der Waals surface area contributed by atoms with E-state index in [0.29, 0.717) is 12.3 Å². The highest BCUT2D eigenvalue weighted by Crippen LogP contribution is 2.66. The molecule has 1 spiro atoms. The second-order valence-corrected chi connectivity index (χ2v) is 10.4. The van der Waals surface area contributed by atoms with Crippen molar-refractivity contribution in [3.05, 3.63) is 28.8 Å². The Morgan fingerprint density at radius 2 is 2.10 bits per heavy atom. The normalized spacial score (nSPS) is 39.6. The van der Waals surface area contributed by atoms with Gasteiger partial charge in [-0.3, -0.25) is 9.69 Å². The first-order valence-corrected chi connectivity index (χ1v) is 11.8. The standard InChI is InChI=1S/C25H33NO3/c1-4-20(27)29-25-10-9-16(3)23-24(25)11-12-26(14-17-6-7-17)19(25)13-18-8-5-15(2)22(28-23)21(18)24/h5,8,16-17,19,23H,4,6-7,9-14H2,1-3H3/t16?,19?,23-,24-,25?/m0/s1. The highest BCUT2D eigenvalue weighted by atomic mass is 16.6. The van der Waals surface area contributed by atoms with E-state index in [4.69, 9.17) is 9.47 Å². The Balaban J connectivity index is 1.58. The number of likely N-dealkylation sites (tertiary alicyclic amines) is 1. The molecular weight excluding hydrogens is 362 g/mol. The summed E-state index contributed by atoms with van der Waals surface area (Å²) >= 11 is 0. The fraction of sp³-hybridized carbons (Fsp3) is 0.720. The highest BCUT2D eigenvalue weighted by Gasteiger charge is 2.74. The average molecular weight is 396 g/mol. The maximum absolute atomic E-state index is 12.8. The van der Waals surface area contributed by atoms with Crippen LogP contribution in [-0.2, 0) is 21.4 Å². The zero-order valence-electron chi connectivity index (χ0n) is 18.0. The molecule has 2 aliphatic heterocycles. The minimum atomic E-state index is -0.434. The third kappa shape index (κ3) is 2.22. The van der Waals surface area contributed by atoms with Gasteiger partial charge in [-0.15, -0.1) is 0 Å².